The Balaban J connectivity index is 0.00000196. The minimum atomic E-state index is -4.81. The van der Waals surface area contributed by atoms with Gasteiger partial charge in [-0.15, -0.1) is 0 Å². The average molecular weight is 307 g/mol. The Labute approximate surface area is 137 Å². The molecule has 0 heterocycles. The molecular weight excluding hydrogens is 299 g/mol. The number of ether oxygens (including phenoxy) is 1. The smallest absolute Gasteiger partial charge is 0.497 e. The monoisotopic (exact) mass is 306 g/mol. The van der Waals surface area contributed by atoms with E-state index < -0.39 is 13.3 Å². The van der Waals surface area contributed by atoms with Gasteiger partial charge in [-0.2, -0.15) is 0 Å². The molecule has 7 heteroatoms. The fraction of sp³-hybridized carbons (Fsp3) is 0.250. The number of halogens is 4. The summed E-state index contributed by atoms with van der Waals surface area (Å²) in [6.45, 7) is -4.81. The second kappa shape index (κ2) is 6.66. The predicted molar refractivity (Wildman–Crippen MR) is 53.5 cm³/mol. The zero-order valence-corrected chi connectivity index (χ0v) is 13.1. The van der Waals surface area contributed by atoms with E-state index in [0.29, 0.717) is 10.2 Å². The Morgan fingerprint density at radius 3 is 2.40 bits per heavy atom. The van der Waals surface area contributed by atoms with Crippen LogP contribution in [0.5, 0.6) is 5.75 Å². The molecule has 0 aliphatic rings. The van der Waals surface area contributed by atoms with Crippen LogP contribution < -0.4 is 56.1 Å². The predicted octanol–water partition coefficient (Wildman–Crippen LogP) is 0.391. The van der Waals surface area contributed by atoms with Gasteiger partial charge >= 0.3 is 58.4 Å². The Morgan fingerprint density at radius 2 is 1.93 bits per heavy atom. The zero-order valence-electron chi connectivity index (χ0n) is 8.44. The molecule has 0 aromatic heterocycles. The Morgan fingerprint density at radius 1 is 1.33 bits per heavy atom. The van der Waals surface area contributed by atoms with Crippen LogP contribution in [-0.4, -0.2) is 14.1 Å². The SMILES string of the molecule is COc1ccc(Br)c(C[B-](F)(F)F)c1.[K+]. The Kier molecular flexibility index (Phi) is 7.10. The van der Waals surface area contributed by atoms with Crippen molar-refractivity contribution in [1.82, 2.24) is 0 Å². The molecule has 0 fully saturated rings. The van der Waals surface area contributed by atoms with Crippen molar-refractivity contribution in [3.05, 3.63) is 28.2 Å². The van der Waals surface area contributed by atoms with Gasteiger partial charge in [0.25, 0.3) is 0 Å². The van der Waals surface area contributed by atoms with E-state index in [1.165, 1.54) is 13.2 Å². The molecule has 0 unspecified atom stereocenters. The second-order valence-corrected chi connectivity index (χ2v) is 3.73. The van der Waals surface area contributed by atoms with Gasteiger partial charge in [0.05, 0.1) is 7.11 Å². The summed E-state index contributed by atoms with van der Waals surface area (Å²) in [5, 5.41) is 0. The molecule has 0 aliphatic heterocycles. The van der Waals surface area contributed by atoms with Gasteiger partial charge in [-0.1, -0.05) is 27.8 Å². The van der Waals surface area contributed by atoms with Gasteiger partial charge in [0.2, 0.25) is 0 Å². The van der Waals surface area contributed by atoms with Gasteiger partial charge in [-0.05, 0) is 18.2 Å². The van der Waals surface area contributed by atoms with Crippen molar-refractivity contribution in [3.63, 3.8) is 0 Å². The summed E-state index contributed by atoms with van der Waals surface area (Å²) >= 11 is 3.07. The molecule has 0 radical (unpaired) electrons. The third kappa shape index (κ3) is 5.74. The zero-order chi connectivity index (χ0) is 10.8. The van der Waals surface area contributed by atoms with Gasteiger partial charge < -0.3 is 17.7 Å². The van der Waals surface area contributed by atoms with E-state index in [-0.39, 0.29) is 56.9 Å². The molecule has 0 aliphatic carbocycles. The summed E-state index contributed by atoms with van der Waals surface area (Å²) < 4.78 is 41.8. The number of benzene rings is 1. The fourth-order valence-electron chi connectivity index (χ4n) is 1.08. The van der Waals surface area contributed by atoms with Crippen LogP contribution in [0.2, 0.25) is 0 Å². The van der Waals surface area contributed by atoms with E-state index in [9.17, 15) is 12.9 Å². The summed E-state index contributed by atoms with van der Waals surface area (Å²) in [4.78, 5) is 0. The molecule has 1 aromatic rings. The van der Waals surface area contributed by atoms with Crippen LogP contribution in [0.1, 0.15) is 5.56 Å². The number of methoxy groups -OCH3 is 1. The van der Waals surface area contributed by atoms with Crippen LogP contribution in [-0.2, 0) is 6.32 Å². The van der Waals surface area contributed by atoms with Gasteiger partial charge in [-0.3, -0.25) is 0 Å². The largest absolute Gasteiger partial charge is 1.00 e. The summed E-state index contributed by atoms with van der Waals surface area (Å²) in [6, 6.07) is 4.55. The van der Waals surface area contributed by atoms with Gasteiger partial charge in [0.15, 0.2) is 0 Å². The molecule has 1 aromatic carbocycles. The molecular formula is C8H8BBrF3KO. The molecule has 0 bridgehead atoms. The van der Waals surface area contributed by atoms with Crippen molar-refractivity contribution < 1.29 is 69.1 Å². The first-order valence-corrected chi connectivity index (χ1v) is 4.75. The first-order chi connectivity index (χ1) is 6.42. The van der Waals surface area contributed by atoms with E-state index in [2.05, 4.69) is 15.9 Å². The van der Waals surface area contributed by atoms with Gasteiger partial charge in [0, 0.05) is 4.47 Å². The van der Waals surface area contributed by atoms with E-state index in [4.69, 9.17) is 4.74 Å². The molecule has 15 heavy (non-hydrogen) atoms. The Bertz CT molecular complexity index is 332. The van der Waals surface area contributed by atoms with Crippen LogP contribution in [0.3, 0.4) is 0 Å². The summed E-state index contributed by atoms with van der Waals surface area (Å²) in [7, 11) is 1.42. The van der Waals surface area contributed by atoms with Gasteiger partial charge in [-0.25, -0.2) is 0 Å². The second-order valence-electron chi connectivity index (χ2n) is 2.87. The first-order valence-electron chi connectivity index (χ1n) is 3.96. The quantitative estimate of drug-likeness (QED) is 0.734. The van der Waals surface area contributed by atoms with E-state index >= 15 is 0 Å². The maximum Gasteiger partial charge on any atom is 1.00 e. The minimum absolute atomic E-state index is 0. The normalized spacial score (nSPS) is 10.7. The maximum atomic E-state index is 12.2. The summed E-state index contributed by atoms with van der Waals surface area (Å²) in [5.41, 5.74) is 0.205. The maximum absolute atomic E-state index is 12.2. The van der Waals surface area contributed by atoms with Crippen LogP contribution in [0.15, 0.2) is 22.7 Å². The van der Waals surface area contributed by atoms with E-state index in [1.807, 2.05) is 0 Å². The number of hydrogen-bond donors (Lipinski definition) is 0. The van der Waals surface area contributed by atoms with Crippen molar-refractivity contribution in [2.45, 2.75) is 6.32 Å². The minimum Gasteiger partial charge on any atom is -0.497 e. The third-order valence-corrected chi connectivity index (χ3v) is 2.48. The summed E-state index contributed by atoms with van der Waals surface area (Å²) in [5.74, 6) is 0.434. The van der Waals surface area contributed by atoms with Crippen LogP contribution in [0.4, 0.5) is 12.9 Å². The van der Waals surface area contributed by atoms with Crippen LogP contribution >= 0.6 is 15.9 Å². The molecule has 0 saturated heterocycles. The number of rotatable bonds is 3. The van der Waals surface area contributed by atoms with Crippen molar-refractivity contribution in [3.8, 4) is 5.75 Å². The molecule has 0 spiro atoms. The fourth-order valence-corrected chi connectivity index (χ4v) is 1.49. The van der Waals surface area contributed by atoms with Crippen LogP contribution in [0, 0.1) is 0 Å². The number of hydrogen-bond acceptors (Lipinski definition) is 1. The van der Waals surface area contributed by atoms with E-state index in [1.54, 1.807) is 12.1 Å². The van der Waals surface area contributed by atoms with Crippen molar-refractivity contribution in [1.29, 1.82) is 0 Å². The molecule has 0 saturated carbocycles. The molecule has 0 atom stereocenters. The molecule has 1 nitrogen and oxygen atoms in total. The topological polar surface area (TPSA) is 9.23 Å². The third-order valence-electron chi connectivity index (χ3n) is 1.70. The van der Waals surface area contributed by atoms with E-state index in [0.717, 1.165) is 0 Å². The average Bonchev–Trinajstić information content (AvgIpc) is 2.06. The summed E-state index contributed by atoms with van der Waals surface area (Å²) in [6.07, 6.45) is -0.891. The van der Waals surface area contributed by atoms with Crippen molar-refractivity contribution >= 4 is 22.9 Å². The standard InChI is InChI=1S/C8H8BBrF3O.K/c1-14-7-2-3-8(10)6(4-7)5-9(11,12)13;/h2-4H,5H2,1H3;/q-1;+1. The molecule has 0 N–H and O–H groups in total. The van der Waals surface area contributed by atoms with Crippen LogP contribution in [0.25, 0.3) is 0 Å². The molecule has 1 rings (SSSR count). The first kappa shape index (κ1) is 16.0. The van der Waals surface area contributed by atoms with Crippen molar-refractivity contribution in [2.75, 3.05) is 7.11 Å². The Hall–Kier alpha value is 0.991. The molecule has 0 amide bonds. The van der Waals surface area contributed by atoms with Crippen molar-refractivity contribution in [2.24, 2.45) is 0 Å². The molecule has 78 valence electrons. The van der Waals surface area contributed by atoms with Gasteiger partial charge in [0.1, 0.15) is 5.75 Å².